The minimum absolute atomic E-state index is 0.595. The largest absolute Gasteiger partial charge is 0.359 e. The molecule has 0 radical (unpaired) electrons. The van der Waals surface area contributed by atoms with Crippen LogP contribution in [0.3, 0.4) is 0 Å². The summed E-state index contributed by atoms with van der Waals surface area (Å²) in [6.45, 7) is 0. The number of benzene rings is 1. The third kappa shape index (κ3) is 1.76. The molecule has 0 aliphatic rings. The van der Waals surface area contributed by atoms with Crippen molar-refractivity contribution >= 4 is 27.3 Å². The molecule has 14 heavy (non-hydrogen) atoms. The molecule has 2 nitrogen and oxygen atoms in total. The Kier molecular flexibility index (Phi) is 2.21. The second-order valence-corrected chi connectivity index (χ2v) is 3.85. The first-order valence-electron chi connectivity index (χ1n) is 4.06. The Balaban J connectivity index is 2.47. The molecule has 3 heteroatoms. The number of amides is 1. The monoisotopic (exact) mass is 201 g/mol. The van der Waals surface area contributed by atoms with E-state index in [1.54, 1.807) is 11.3 Å². The summed E-state index contributed by atoms with van der Waals surface area (Å²) in [6, 6.07) is 9.94. The van der Waals surface area contributed by atoms with Crippen LogP contribution < -0.4 is 5.73 Å². The lowest BCUT2D eigenvalue weighted by Gasteiger charge is -1.82. The maximum atomic E-state index is 10.4. The minimum atomic E-state index is -0.595. The molecular formula is C11H7NOS. The van der Waals surface area contributed by atoms with Crippen LogP contribution in [0, 0.1) is 11.8 Å². The fourth-order valence-electron chi connectivity index (χ4n) is 1.17. The van der Waals surface area contributed by atoms with Gasteiger partial charge in [0.1, 0.15) is 0 Å². The number of rotatable bonds is 0. The topological polar surface area (TPSA) is 43.1 Å². The summed E-state index contributed by atoms with van der Waals surface area (Å²) in [4.78, 5) is 11.3. The van der Waals surface area contributed by atoms with Crippen molar-refractivity contribution in [2.45, 2.75) is 0 Å². The zero-order valence-electron chi connectivity index (χ0n) is 7.28. The molecule has 2 N–H and O–H groups in total. The first kappa shape index (κ1) is 8.79. The molecule has 68 valence electrons. The van der Waals surface area contributed by atoms with Crippen LogP contribution in [0.5, 0.6) is 0 Å². The lowest BCUT2D eigenvalue weighted by molar-refractivity contribution is -0.112. The van der Waals surface area contributed by atoms with Crippen molar-refractivity contribution in [3.05, 3.63) is 35.2 Å². The highest BCUT2D eigenvalue weighted by Crippen LogP contribution is 2.24. The third-order valence-corrected chi connectivity index (χ3v) is 2.77. The standard InChI is InChI=1S/C11H7NOS/c12-11(13)6-5-9-7-8-3-1-2-4-10(8)14-9/h1-4,7H,(H2,12,13). The van der Waals surface area contributed by atoms with Crippen LogP contribution in [-0.4, -0.2) is 5.91 Å². The van der Waals surface area contributed by atoms with Crippen molar-refractivity contribution in [2.24, 2.45) is 5.73 Å². The van der Waals surface area contributed by atoms with Gasteiger partial charge in [-0.15, -0.1) is 11.3 Å². The lowest BCUT2D eigenvalue weighted by atomic mass is 10.2. The molecule has 1 amide bonds. The van der Waals surface area contributed by atoms with Gasteiger partial charge in [0.2, 0.25) is 0 Å². The second kappa shape index (κ2) is 3.52. The predicted octanol–water partition coefficient (Wildman–Crippen LogP) is 1.74. The molecular weight excluding hydrogens is 194 g/mol. The quantitative estimate of drug-likeness (QED) is 0.648. The Hall–Kier alpha value is -1.79. The van der Waals surface area contributed by atoms with E-state index in [0.29, 0.717) is 0 Å². The number of primary amides is 1. The average molecular weight is 201 g/mol. The van der Waals surface area contributed by atoms with Crippen molar-refractivity contribution in [2.75, 3.05) is 0 Å². The number of hydrogen-bond donors (Lipinski definition) is 1. The van der Waals surface area contributed by atoms with Gasteiger partial charge in [-0.05, 0) is 23.4 Å². The Labute approximate surface area is 85.3 Å². The smallest absolute Gasteiger partial charge is 0.293 e. The molecule has 0 bridgehead atoms. The van der Waals surface area contributed by atoms with Gasteiger partial charge in [0.15, 0.2) is 0 Å². The third-order valence-electron chi connectivity index (χ3n) is 1.73. The van der Waals surface area contributed by atoms with E-state index in [4.69, 9.17) is 5.73 Å². The average Bonchev–Trinajstić information content (AvgIpc) is 2.57. The maximum Gasteiger partial charge on any atom is 0.293 e. The zero-order chi connectivity index (χ0) is 9.97. The molecule has 0 aliphatic carbocycles. The highest BCUT2D eigenvalue weighted by Gasteiger charge is 1.97. The van der Waals surface area contributed by atoms with Crippen molar-refractivity contribution in [3.63, 3.8) is 0 Å². The fraction of sp³-hybridized carbons (Fsp3) is 0. The number of fused-ring (bicyclic) bond motifs is 1. The number of hydrogen-bond acceptors (Lipinski definition) is 2. The molecule has 0 fully saturated rings. The first-order chi connectivity index (χ1) is 6.75. The van der Waals surface area contributed by atoms with Crippen LogP contribution in [0.4, 0.5) is 0 Å². The summed E-state index contributed by atoms with van der Waals surface area (Å²) in [5.74, 6) is 4.45. The Bertz CT molecular complexity index is 512. The van der Waals surface area contributed by atoms with Crippen LogP contribution >= 0.6 is 11.3 Å². The second-order valence-electron chi connectivity index (χ2n) is 2.76. The lowest BCUT2D eigenvalue weighted by Crippen LogP contribution is -2.05. The van der Waals surface area contributed by atoms with Crippen LogP contribution in [0.15, 0.2) is 30.3 Å². The molecule has 0 saturated heterocycles. The van der Waals surface area contributed by atoms with Crippen molar-refractivity contribution in [1.29, 1.82) is 0 Å². The Morgan fingerprint density at radius 1 is 1.36 bits per heavy atom. The summed E-state index contributed by atoms with van der Waals surface area (Å²) in [5, 5.41) is 1.14. The Morgan fingerprint density at radius 2 is 2.14 bits per heavy atom. The van der Waals surface area contributed by atoms with E-state index in [2.05, 4.69) is 11.8 Å². The summed E-state index contributed by atoms with van der Waals surface area (Å²) < 4.78 is 1.17. The zero-order valence-corrected chi connectivity index (χ0v) is 8.10. The molecule has 2 rings (SSSR count). The van der Waals surface area contributed by atoms with Crippen LogP contribution in [-0.2, 0) is 4.79 Å². The van der Waals surface area contributed by atoms with Crippen LogP contribution in [0.25, 0.3) is 10.1 Å². The number of thiophene rings is 1. The highest BCUT2D eigenvalue weighted by atomic mass is 32.1. The van der Waals surface area contributed by atoms with E-state index in [-0.39, 0.29) is 0 Å². The molecule has 0 unspecified atom stereocenters. The molecule has 1 heterocycles. The van der Waals surface area contributed by atoms with Crippen LogP contribution in [0.1, 0.15) is 4.88 Å². The molecule has 0 atom stereocenters. The van der Waals surface area contributed by atoms with Gasteiger partial charge < -0.3 is 5.73 Å². The summed E-state index contributed by atoms with van der Waals surface area (Å²) in [7, 11) is 0. The van der Waals surface area contributed by atoms with Crippen molar-refractivity contribution in [3.8, 4) is 11.8 Å². The summed E-state index contributed by atoms with van der Waals surface area (Å²) >= 11 is 1.56. The normalized spacial score (nSPS) is 9.43. The van der Waals surface area contributed by atoms with E-state index in [0.717, 1.165) is 10.3 Å². The maximum absolute atomic E-state index is 10.4. The van der Waals surface area contributed by atoms with Gasteiger partial charge in [0.25, 0.3) is 5.91 Å². The molecule has 1 aromatic heterocycles. The van der Waals surface area contributed by atoms with Crippen LogP contribution in [0.2, 0.25) is 0 Å². The summed E-state index contributed by atoms with van der Waals surface area (Å²) in [5.41, 5.74) is 4.93. The van der Waals surface area contributed by atoms with E-state index >= 15 is 0 Å². The van der Waals surface area contributed by atoms with Gasteiger partial charge in [-0.1, -0.05) is 18.2 Å². The van der Waals surface area contributed by atoms with Crippen molar-refractivity contribution < 1.29 is 4.79 Å². The minimum Gasteiger partial charge on any atom is -0.359 e. The number of carbonyl (C=O) groups is 1. The predicted molar refractivity (Wildman–Crippen MR) is 57.9 cm³/mol. The van der Waals surface area contributed by atoms with Gasteiger partial charge in [-0.25, -0.2) is 0 Å². The van der Waals surface area contributed by atoms with Gasteiger partial charge in [-0.2, -0.15) is 0 Å². The van der Waals surface area contributed by atoms with E-state index < -0.39 is 5.91 Å². The van der Waals surface area contributed by atoms with E-state index in [1.165, 1.54) is 4.70 Å². The number of nitrogens with two attached hydrogens (primary N) is 1. The fourth-order valence-corrected chi connectivity index (χ4v) is 2.08. The van der Waals surface area contributed by atoms with Gasteiger partial charge >= 0.3 is 0 Å². The van der Waals surface area contributed by atoms with Gasteiger partial charge in [0, 0.05) is 10.6 Å². The van der Waals surface area contributed by atoms with E-state index in [1.807, 2.05) is 30.3 Å². The first-order valence-corrected chi connectivity index (χ1v) is 4.87. The molecule has 0 aliphatic heterocycles. The van der Waals surface area contributed by atoms with Gasteiger partial charge in [-0.3, -0.25) is 4.79 Å². The van der Waals surface area contributed by atoms with Crippen molar-refractivity contribution in [1.82, 2.24) is 0 Å². The van der Waals surface area contributed by atoms with E-state index in [9.17, 15) is 4.79 Å². The SMILES string of the molecule is NC(=O)C#Cc1cc2ccccc2s1. The summed E-state index contributed by atoms with van der Waals surface area (Å²) in [6.07, 6.45) is 0. The molecule has 0 spiro atoms. The molecule has 0 saturated carbocycles. The Morgan fingerprint density at radius 3 is 2.86 bits per heavy atom. The van der Waals surface area contributed by atoms with Gasteiger partial charge in [0.05, 0.1) is 4.88 Å². The molecule has 1 aromatic carbocycles. The number of carbonyl (C=O) groups excluding carboxylic acids is 1. The highest BCUT2D eigenvalue weighted by molar-refractivity contribution is 7.19. The molecule has 2 aromatic rings.